The number of nitrogens with zero attached hydrogens (tertiary/aromatic N) is 4. The van der Waals surface area contributed by atoms with E-state index >= 15 is 4.39 Å². The van der Waals surface area contributed by atoms with E-state index in [-0.39, 0.29) is 5.82 Å². The Hall–Kier alpha value is -3.41. The molecule has 0 unspecified atom stereocenters. The summed E-state index contributed by atoms with van der Waals surface area (Å²) in [4.78, 5) is 7.02. The number of hydrogen-bond donors (Lipinski definition) is 0. The zero-order chi connectivity index (χ0) is 22.7. The molecular weight excluding hydrogens is 458 g/mol. The Morgan fingerprint density at radius 3 is 2.45 bits per heavy atom. The first kappa shape index (κ1) is 20.2. The summed E-state index contributed by atoms with van der Waals surface area (Å²) in [6, 6.07) is 19.6. The number of amidine groups is 1. The normalized spacial score (nSPS) is 16.2. The van der Waals surface area contributed by atoms with Crippen molar-refractivity contribution in [3.8, 4) is 5.69 Å². The molecule has 33 heavy (non-hydrogen) atoms. The Morgan fingerprint density at radius 1 is 0.879 bits per heavy atom. The Morgan fingerprint density at radius 2 is 1.67 bits per heavy atom. The van der Waals surface area contributed by atoms with Gasteiger partial charge in [0.05, 0.1) is 23.1 Å². The van der Waals surface area contributed by atoms with E-state index in [0.717, 1.165) is 28.2 Å². The molecule has 0 bridgehead atoms. The van der Waals surface area contributed by atoms with Crippen molar-refractivity contribution in [2.75, 3.05) is 4.90 Å². The van der Waals surface area contributed by atoms with Crippen molar-refractivity contribution in [1.29, 1.82) is 0 Å². The number of rotatable bonds is 2. The predicted molar refractivity (Wildman–Crippen MR) is 132 cm³/mol. The molecule has 6 rings (SSSR count). The number of fused-ring (bicyclic) bond motifs is 4. The molecule has 0 aliphatic carbocycles. The van der Waals surface area contributed by atoms with Gasteiger partial charge in [0.1, 0.15) is 11.7 Å². The molecule has 0 N–H and O–H groups in total. The van der Waals surface area contributed by atoms with E-state index in [1.807, 2.05) is 72.5 Å². The highest BCUT2D eigenvalue weighted by molar-refractivity contribution is 6.31. The van der Waals surface area contributed by atoms with Crippen LogP contribution in [0, 0.1) is 12.7 Å². The lowest BCUT2D eigenvalue weighted by Crippen LogP contribution is -2.39. The van der Waals surface area contributed by atoms with E-state index in [1.54, 1.807) is 16.8 Å². The molecule has 1 aromatic heterocycles. The predicted octanol–water partition coefficient (Wildman–Crippen LogP) is 7.29. The maximum absolute atomic E-state index is 15.4. The van der Waals surface area contributed by atoms with Crippen LogP contribution >= 0.6 is 23.2 Å². The van der Waals surface area contributed by atoms with Crippen LogP contribution in [0.2, 0.25) is 10.0 Å². The van der Waals surface area contributed by atoms with Gasteiger partial charge in [-0.05, 0) is 67.1 Å². The molecule has 7 heteroatoms. The number of aryl methyl sites for hydroxylation is 1. The van der Waals surface area contributed by atoms with Gasteiger partial charge in [0, 0.05) is 21.2 Å². The molecule has 0 saturated heterocycles. The average Bonchev–Trinajstić information content (AvgIpc) is 3.14. The van der Waals surface area contributed by atoms with Gasteiger partial charge in [0.25, 0.3) is 0 Å². The van der Waals surface area contributed by atoms with Crippen molar-refractivity contribution in [3.63, 3.8) is 0 Å². The molecule has 0 spiro atoms. The number of para-hydroxylation sites is 1. The van der Waals surface area contributed by atoms with E-state index in [1.165, 1.54) is 6.07 Å². The smallest absolute Gasteiger partial charge is 0.163 e. The van der Waals surface area contributed by atoms with Gasteiger partial charge in [-0.15, -0.1) is 0 Å². The third-order valence-electron chi connectivity index (χ3n) is 6.03. The summed E-state index contributed by atoms with van der Waals surface area (Å²) in [7, 11) is 0. The lowest BCUT2D eigenvalue weighted by Gasteiger charge is -2.39. The minimum Gasteiger partial charge on any atom is -0.314 e. The summed E-state index contributed by atoms with van der Waals surface area (Å²) < 4.78 is 17.1. The summed E-state index contributed by atoms with van der Waals surface area (Å²) in [5, 5.41) is 5.79. The first-order valence-corrected chi connectivity index (χ1v) is 11.2. The van der Waals surface area contributed by atoms with Crippen molar-refractivity contribution in [2.45, 2.75) is 13.0 Å². The number of aromatic nitrogens is 2. The van der Waals surface area contributed by atoms with E-state index in [9.17, 15) is 0 Å². The Bertz CT molecular complexity index is 1450. The first-order valence-electron chi connectivity index (χ1n) is 10.5. The second kappa shape index (κ2) is 7.58. The van der Waals surface area contributed by atoms with Gasteiger partial charge in [-0.2, -0.15) is 5.10 Å². The van der Waals surface area contributed by atoms with Crippen LogP contribution in [-0.4, -0.2) is 15.6 Å². The summed E-state index contributed by atoms with van der Waals surface area (Å²) in [6.07, 6.45) is 3.97. The molecule has 0 radical (unpaired) electrons. The third kappa shape index (κ3) is 3.11. The summed E-state index contributed by atoms with van der Waals surface area (Å²) in [5.41, 5.74) is 4.74. The van der Waals surface area contributed by atoms with E-state index < -0.39 is 6.04 Å². The highest BCUT2D eigenvalue weighted by Crippen LogP contribution is 2.48. The van der Waals surface area contributed by atoms with E-state index in [2.05, 4.69) is 0 Å². The van der Waals surface area contributed by atoms with Crippen molar-refractivity contribution in [2.24, 2.45) is 4.99 Å². The largest absolute Gasteiger partial charge is 0.314 e. The van der Waals surface area contributed by atoms with Crippen LogP contribution in [0.1, 0.15) is 28.4 Å². The number of benzene rings is 3. The molecule has 162 valence electrons. The molecule has 0 amide bonds. The van der Waals surface area contributed by atoms with Crippen molar-refractivity contribution in [3.05, 3.63) is 111 Å². The quantitative estimate of drug-likeness (QED) is 0.305. The van der Waals surface area contributed by atoms with Crippen LogP contribution in [0.15, 0.2) is 77.8 Å². The lowest BCUT2D eigenvalue weighted by molar-refractivity contribution is 0.597. The molecule has 1 atom stereocenters. The molecule has 4 nitrogen and oxygen atoms in total. The molecule has 3 aromatic carbocycles. The molecule has 3 heterocycles. The lowest BCUT2D eigenvalue weighted by atomic mass is 9.92. The summed E-state index contributed by atoms with van der Waals surface area (Å²) in [6.45, 7) is 1.92. The fourth-order valence-electron chi connectivity index (χ4n) is 4.58. The maximum atomic E-state index is 15.4. The van der Waals surface area contributed by atoms with Crippen LogP contribution in [0.3, 0.4) is 0 Å². The molecular formula is C26H17Cl2FN4. The molecule has 4 aromatic rings. The maximum Gasteiger partial charge on any atom is 0.163 e. The van der Waals surface area contributed by atoms with Gasteiger partial charge in [-0.1, -0.05) is 47.5 Å². The first-order chi connectivity index (χ1) is 16.0. The van der Waals surface area contributed by atoms with Crippen LogP contribution < -0.4 is 4.90 Å². The van der Waals surface area contributed by atoms with Crippen LogP contribution in [-0.2, 0) is 0 Å². The summed E-state index contributed by atoms with van der Waals surface area (Å²) in [5.74, 6) is 0.973. The highest BCUT2D eigenvalue weighted by Gasteiger charge is 2.40. The minimum absolute atomic E-state index is 0.359. The van der Waals surface area contributed by atoms with Gasteiger partial charge in [-0.3, -0.25) is 0 Å². The van der Waals surface area contributed by atoms with Crippen LogP contribution in [0.5, 0.6) is 0 Å². The second-order valence-corrected chi connectivity index (χ2v) is 8.82. The Labute approximate surface area is 200 Å². The number of aliphatic imine (C=N–C) groups is 1. The third-order valence-corrected chi connectivity index (χ3v) is 6.61. The molecule has 0 saturated carbocycles. The van der Waals surface area contributed by atoms with Gasteiger partial charge in [-0.25, -0.2) is 14.1 Å². The van der Waals surface area contributed by atoms with Crippen LogP contribution in [0.25, 0.3) is 11.8 Å². The zero-order valence-electron chi connectivity index (χ0n) is 17.5. The van der Waals surface area contributed by atoms with Gasteiger partial charge in [0.15, 0.2) is 5.82 Å². The van der Waals surface area contributed by atoms with Gasteiger partial charge >= 0.3 is 0 Å². The second-order valence-electron chi connectivity index (χ2n) is 7.98. The number of anilines is 1. The van der Waals surface area contributed by atoms with Gasteiger partial charge < -0.3 is 4.90 Å². The molecule has 2 aliphatic rings. The van der Waals surface area contributed by atoms with Crippen LogP contribution in [0.4, 0.5) is 15.9 Å². The van der Waals surface area contributed by atoms with Gasteiger partial charge in [0.2, 0.25) is 0 Å². The average molecular weight is 475 g/mol. The standard InChI is InChI=1S/C26H17Cl2FN4/c1-15-23-25(24-19(28)6-4-7-20(24)29)32-21-8-3-2-5-16(21)9-14-22(32)30-26(23)33(31-15)18-12-10-17(27)11-13-18/h2-14,25H,1H3/t25-/m1/s1. The minimum atomic E-state index is -0.534. The van der Waals surface area contributed by atoms with Crippen molar-refractivity contribution in [1.82, 2.24) is 9.78 Å². The van der Waals surface area contributed by atoms with Crippen molar-refractivity contribution < 1.29 is 4.39 Å². The fraction of sp³-hybridized carbons (Fsp3) is 0.0769. The highest BCUT2D eigenvalue weighted by atomic mass is 35.5. The zero-order valence-corrected chi connectivity index (χ0v) is 19.0. The van der Waals surface area contributed by atoms with E-state index in [4.69, 9.17) is 33.3 Å². The molecule has 0 fully saturated rings. The Balaban J connectivity index is 1.67. The Kier molecular flexibility index (Phi) is 4.64. The molecule has 2 aliphatic heterocycles. The number of halogens is 3. The SMILES string of the molecule is Cc1nn(-c2ccc(Cl)cc2)c2c1[C@H](c1c(F)cccc1Cl)N1C(=N2)C=Cc2ccccc21. The number of hydrogen-bond acceptors (Lipinski definition) is 3. The topological polar surface area (TPSA) is 33.4 Å². The monoisotopic (exact) mass is 474 g/mol. The summed E-state index contributed by atoms with van der Waals surface area (Å²) >= 11 is 12.7. The fourth-order valence-corrected chi connectivity index (χ4v) is 4.97. The van der Waals surface area contributed by atoms with E-state index in [0.29, 0.717) is 27.3 Å². The van der Waals surface area contributed by atoms with Crippen molar-refractivity contribution >= 4 is 46.6 Å².